The highest BCUT2D eigenvalue weighted by molar-refractivity contribution is 5.67. The zero-order valence-electron chi connectivity index (χ0n) is 7.88. The van der Waals surface area contributed by atoms with E-state index in [0.717, 1.165) is 5.56 Å². The molecule has 1 atom stereocenters. The van der Waals surface area contributed by atoms with Gasteiger partial charge in [-0.3, -0.25) is 0 Å². The lowest BCUT2D eigenvalue weighted by molar-refractivity contribution is -0.614. The molecule has 0 radical (unpaired) electrons. The maximum atomic E-state index is 10.8. The van der Waals surface area contributed by atoms with Gasteiger partial charge in [0.25, 0.3) is 0 Å². The van der Waals surface area contributed by atoms with Gasteiger partial charge in [-0.2, -0.15) is 0 Å². The zero-order chi connectivity index (χ0) is 9.97. The minimum atomic E-state index is -0.514. The van der Waals surface area contributed by atoms with Gasteiger partial charge >= 0.3 is 6.09 Å². The highest BCUT2D eigenvalue weighted by Gasteiger charge is 2.29. The van der Waals surface area contributed by atoms with Crippen molar-refractivity contribution in [3.63, 3.8) is 0 Å². The van der Waals surface area contributed by atoms with Gasteiger partial charge in [0.05, 0.1) is 5.11 Å². The van der Waals surface area contributed by atoms with Crippen LogP contribution in [0.2, 0.25) is 0 Å². The first kappa shape index (κ1) is 8.87. The third-order valence-electron chi connectivity index (χ3n) is 2.24. The Hall–Kier alpha value is -1.71. The van der Waals surface area contributed by atoms with Gasteiger partial charge in [0.2, 0.25) is 6.04 Å². The molecule has 0 aromatic heterocycles. The number of carbonyl (C=O) groups excluding carboxylic acids is 1. The molecule has 4 nitrogen and oxygen atoms in total. The Bertz CT molecular complexity index is 373. The number of cyclic esters (lactones) is 1. The van der Waals surface area contributed by atoms with Crippen LogP contribution in [0, 0.1) is 0 Å². The number of ether oxygens (including phenoxy) is 1. The van der Waals surface area contributed by atoms with Crippen LogP contribution in [-0.2, 0) is 4.74 Å². The van der Waals surface area contributed by atoms with E-state index in [1.807, 2.05) is 30.3 Å². The molecule has 0 N–H and O–H groups in total. The van der Waals surface area contributed by atoms with Crippen molar-refractivity contribution >= 4 is 6.09 Å². The second-order valence-corrected chi connectivity index (χ2v) is 3.18. The van der Waals surface area contributed by atoms with E-state index in [1.165, 1.54) is 0 Å². The number of hydrogen-bond donors (Lipinski definition) is 0. The quantitative estimate of drug-likeness (QED) is 0.637. The van der Waals surface area contributed by atoms with Crippen molar-refractivity contribution < 1.29 is 14.2 Å². The fraction of sp³-hybridized carbons (Fsp3) is 0.300. The van der Waals surface area contributed by atoms with Gasteiger partial charge in [-0.1, -0.05) is 30.3 Å². The van der Waals surface area contributed by atoms with E-state index in [1.54, 1.807) is 11.7 Å². The van der Waals surface area contributed by atoms with Crippen LogP contribution in [0.25, 0.3) is 0 Å². The summed E-state index contributed by atoms with van der Waals surface area (Å²) < 4.78 is 6.51. The number of azo groups is 2. The summed E-state index contributed by atoms with van der Waals surface area (Å²) in [6.07, 6.45) is -0.514. The molecule has 1 amide bonds. The van der Waals surface area contributed by atoms with Gasteiger partial charge in [-0.05, 0) is 0 Å². The van der Waals surface area contributed by atoms with Crippen LogP contribution in [0.3, 0.4) is 0 Å². The van der Waals surface area contributed by atoms with E-state index >= 15 is 0 Å². The second kappa shape index (κ2) is 3.57. The average Bonchev–Trinajstić information content (AvgIpc) is 2.19. The van der Waals surface area contributed by atoms with Gasteiger partial charge < -0.3 is 4.74 Å². The standard InChI is InChI=1S/C10H11N2O2/c1-12-9(7-14-10(13)11-12)8-5-3-2-4-6-8/h2-6,9H,7H2,1H3/q+1/t9-/m0/s1. The van der Waals surface area contributed by atoms with Crippen LogP contribution in [0.15, 0.2) is 35.4 Å². The number of nitrogens with zero attached hydrogens (tertiary/aromatic N) is 2. The fourth-order valence-corrected chi connectivity index (χ4v) is 1.47. The van der Waals surface area contributed by atoms with Crippen molar-refractivity contribution in [1.82, 2.24) is 0 Å². The van der Waals surface area contributed by atoms with Gasteiger partial charge in [0.1, 0.15) is 0 Å². The number of benzene rings is 1. The molecule has 1 aliphatic heterocycles. The maximum Gasteiger partial charge on any atom is 0.490 e. The number of likely N-dealkylation sites (N-methyl/N-ethyl adjacent to an activating group) is 1. The molecule has 0 aliphatic carbocycles. The van der Waals surface area contributed by atoms with Crippen molar-refractivity contribution in [2.75, 3.05) is 13.7 Å². The van der Waals surface area contributed by atoms with Crippen LogP contribution in [0.1, 0.15) is 11.6 Å². The summed E-state index contributed by atoms with van der Waals surface area (Å²) in [6, 6.07) is 9.90. The summed E-state index contributed by atoms with van der Waals surface area (Å²) in [5, 5.41) is 3.71. The lowest BCUT2D eigenvalue weighted by atomic mass is 10.1. The largest absolute Gasteiger partial charge is 0.490 e. The highest BCUT2D eigenvalue weighted by Crippen LogP contribution is 2.19. The summed E-state index contributed by atoms with van der Waals surface area (Å²) in [6.45, 7) is 0.364. The predicted octanol–water partition coefficient (Wildman–Crippen LogP) is 1.97. The third kappa shape index (κ3) is 1.64. The van der Waals surface area contributed by atoms with E-state index in [4.69, 9.17) is 4.74 Å². The van der Waals surface area contributed by atoms with Crippen LogP contribution < -0.4 is 0 Å². The summed E-state index contributed by atoms with van der Waals surface area (Å²) in [5.41, 5.74) is 1.10. The molecular formula is C10H11N2O2+. The monoisotopic (exact) mass is 191 g/mol. The minimum Gasteiger partial charge on any atom is -0.437 e. The molecule has 0 saturated carbocycles. The van der Waals surface area contributed by atoms with E-state index in [0.29, 0.717) is 6.61 Å². The molecule has 14 heavy (non-hydrogen) atoms. The first-order valence-corrected chi connectivity index (χ1v) is 4.43. The van der Waals surface area contributed by atoms with Gasteiger partial charge in [0.15, 0.2) is 13.7 Å². The van der Waals surface area contributed by atoms with Gasteiger partial charge in [0, 0.05) is 5.56 Å². The van der Waals surface area contributed by atoms with Crippen LogP contribution in [-0.4, -0.2) is 24.4 Å². The summed E-state index contributed by atoms with van der Waals surface area (Å²) in [7, 11) is 1.78. The number of hydrogen-bond acceptors (Lipinski definition) is 2. The van der Waals surface area contributed by atoms with Crippen LogP contribution in [0.5, 0.6) is 0 Å². The Morgan fingerprint density at radius 2 is 2.14 bits per heavy atom. The fourth-order valence-electron chi connectivity index (χ4n) is 1.47. The first-order valence-electron chi connectivity index (χ1n) is 4.43. The second-order valence-electron chi connectivity index (χ2n) is 3.18. The molecule has 0 saturated heterocycles. The zero-order valence-corrected chi connectivity index (χ0v) is 7.88. The molecule has 0 fully saturated rings. The van der Waals surface area contributed by atoms with Gasteiger partial charge in [-0.15, -0.1) is 4.70 Å². The molecule has 1 aliphatic rings. The van der Waals surface area contributed by atoms with Crippen LogP contribution in [0.4, 0.5) is 4.79 Å². The van der Waals surface area contributed by atoms with E-state index < -0.39 is 6.09 Å². The molecule has 2 rings (SSSR count). The molecular weight excluding hydrogens is 180 g/mol. The average molecular weight is 191 g/mol. The topological polar surface area (TPSA) is 41.7 Å². The summed E-state index contributed by atoms with van der Waals surface area (Å²) in [4.78, 5) is 10.8. The van der Waals surface area contributed by atoms with Crippen molar-refractivity contribution in [2.45, 2.75) is 6.04 Å². The molecule has 0 bridgehead atoms. The minimum absolute atomic E-state index is 0.0360. The van der Waals surface area contributed by atoms with Crippen molar-refractivity contribution in [3.05, 3.63) is 35.9 Å². The lowest BCUT2D eigenvalue weighted by Crippen LogP contribution is -2.26. The van der Waals surface area contributed by atoms with E-state index in [9.17, 15) is 4.79 Å². The van der Waals surface area contributed by atoms with Crippen molar-refractivity contribution in [3.8, 4) is 0 Å². The Morgan fingerprint density at radius 1 is 1.43 bits per heavy atom. The third-order valence-corrected chi connectivity index (χ3v) is 2.24. The van der Waals surface area contributed by atoms with E-state index in [-0.39, 0.29) is 6.04 Å². The van der Waals surface area contributed by atoms with Crippen molar-refractivity contribution in [2.24, 2.45) is 5.11 Å². The normalized spacial score (nSPS) is 21.4. The molecule has 1 aromatic rings. The molecule has 0 unspecified atom stereocenters. The molecule has 1 heterocycles. The van der Waals surface area contributed by atoms with E-state index in [2.05, 4.69) is 5.11 Å². The molecule has 0 spiro atoms. The Labute approximate surface area is 81.8 Å². The van der Waals surface area contributed by atoms with Crippen LogP contribution >= 0.6 is 0 Å². The molecule has 4 heteroatoms. The maximum absolute atomic E-state index is 10.8. The molecule has 1 aromatic carbocycles. The smallest absolute Gasteiger partial charge is 0.437 e. The number of rotatable bonds is 1. The molecule has 72 valence electrons. The Kier molecular flexibility index (Phi) is 2.26. The first-order chi connectivity index (χ1) is 6.77. The highest BCUT2D eigenvalue weighted by atomic mass is 16.6. The number of amides is 1. The van der Waals surface area contributed by atoms with Gasteiger partial charge in [-0.25, -0.2) is 4.79 Å². The Balaban J connectivity index is 2.29. The summed E-state index contributed by atoms with van der Waals surface area (Å²) in [5.74, 6) is 0. The predicted molar refractivity (Wildman–Crippen MR) is 49.1 cm³/mol. The summed E-state index contributed by atoms with van der Waals surface area (Å²) >= 11 is 0. The lowest BCUT2D eigenvalue weighted by Gasteiger charge is -2.14. The van der Waals surface area contributed by atoms with Crippen molar-refractivity contribution in [1.29, 1.82) is 0 Å². The SMILES string of the molecule is C[N+]1=NC(=O)OC[C@H]1c1ccccc1. The number of carbonyl (C=O) groups is 1. The Morgan fingerprint density at radius 3 is 2.79 bits per heavy atom.